The van der Waals surface area contributed by atoms with Crippen LogP contribution >= 0.6 is 0 Å². The highest BCUT2D eigenvalue weighted by molar-refractivity contribution is 5.95. The van der Waals surface area contributed by atoms with Crippen LogP contribution in [0.1, 0.15) is 48.0 Å². The second-order valence-corrected chi connectivity index (χ2v) is 6.06. The zero-order chi connectivity index (χ0) is 14.7. The van der Waals surface area contributed by atoms with Gasteiger partial charge in [-0.2, -0.15) is 0 Å². The Hall–Kier alpha value is -1.55. The van der Waals surface area contributed by atoms with Gasteiger partial charge in [-0.25, -0.2) is 0 Å². The highest BCUT2D eigenvalue weighted by Crippen LogP contribution is 2.27. The van der Waals surface area contributed by atoms with E-state index in [0.29, 0.717) is 6.04 Å². The number of likely N-dealkylation sites (tertiary alicyclic amines) is 1. The summed E-state index contributed by atoms with van der Waals surface area (Å²) in [5.74, 6) is 0.156. The second-order valence-electron chi connectivity index (χ2n) is 6.06. The van der Waals surface area contributed by atoms with Gasteiger partial charge in [-0.15, -0.1) is 0 Å². The topological polar surface area (TPSA) is 52.6 Å². The molecule has 1 fully saturated rings. The van der Waals surface area contributed by atoms with E-state index in [4.69, 9.17) is 5.11 Å². The maximum atomic E-state index is 12.7. The van der Waals surface area contributed by atoms with E-state index >= 15 is 0 Å². The molecular weight excluding hydrogens is 264 g/mol. The third-order valence-electron chi connectivity index (χ3n) is 4.62. The molecule has 1 aromatic carbocycles. The van der Waals surface area contributed by atoms with Gasteiger partial charge in [0, 0.05) is 37.0 Å². The first kappa shape index (κ1) is 14.4. The minimum atomic E-state index is 0.156. The van der Waals surface area contributed by atoms with E-state index in [-0.39, 0.29) is 12.5 Å². The lowest BCUT2D eigenvalue weighted by Gasteiger charge is -2.26. The number of aliphatic hydroxyl groups excluding tert-OH is 1. The van der Waals surface area contributed by atoms with E-state index in [1.807, 2.05) is 17.0 Å². The molecule has 21 heavy (non-hydrogen) atoms. The van der Waals surface area contributed by atoms with Gasteiger partial charge < -0.3 is 15.3 Å². The normalized spacial score (nSPS) is 21.0. The molecule has 2 N–H and O–H groups in total. The fourth-order valence-corrected chi connectivity index (χ4v) is 3.50. The Balaban J connectivity index is 1.75. The van der Waals surface area contributed by atoms with Gasteiger partial charge in [0.05, 0.1) is 0 Å². The average molecular weight is 288 g/mol. The summed E-state index contributed by atoms with van der Waals surface area (Å²) in [5, 5.41) is 12.4. The lowest BCUT2D eigenvalue weighted by Crippen LogP contribution is -2.35. The molecule has 1 amide bonds. The summed E-state index contributed by atoms with van der Waals surface area (Å²) >= 11 is 0. The number of hydrogen-bond acceptors (Lipinski definition) is 3. The van der Waals surface area contributed by atoms with Crippen LogP contribution in [0.25, 0.3) is 0 Å². The van der Waals surface area contributed by atoms with Crippen LogP contribution in [0.5, 0.6) is 0 Å². The largest absolute Gasteiger partial charge is 0.396 e. The van der Waals surface area contributed by atoms with E-state index in [9.17, 15) is 4.79 Å². The number of rotatable bonds is 4. The molecule has 114 valence electrons. The molecule has 0 bridgehead atoms. The molecule has 0 saturated carbocycles. The average Bonchev–Trinajstić information content (AvgIpc) is 3.00. The van der Waals surface area contributed by atoms with Gasteiger partial charge in [0.2, 0.25) is 0 Å². The summed E-state index contributed by atoms with van der Waals surface area (Å²) in [6.45, 7) is 2.09. The Morgan fingerprint density at radius 1 is 1.38 bits per heavy atom. The van der Waals surface area contributed by atoms with Gasteiger partial charge in [-0.1, -0.05) is 0 Å². The second kappa shape index (κ2) is 6.48. The highest BCUT2D eigenvalue weighted by Gasteiger charge is 2.29. The highest BCUT2D eigenvalue weighted by atomic mass is 16.3. The van der Waals surface area contributed by atoms with Gasteiger partial charge in [0.25, 0.3) is 5.91 Å². The zero-order valence-corrected chi connectivity index (χ0v) is 12.5. The number of anilines is 1. The van der Waals surface area contributed by atoms with E-state index in [2.05, 4.69) is 11.4 Å². The molecule has 2 heterocycles. The monoisotopic (exact) mass is 288 g/mol. The maximum Gasteiger partial charge on any atom is 0.254 e. The van der Waals surface area contributed by atoms with E-state index in [0.717, 1.165) is 57.2 Å². The molecule has 4 heteroatoms. The third-order valence-corrected chi connectivity index (χ3v) is 4.62. The van der Waals surface area contributed by atoms with Crippen molar-refractivity contribution in [3.63, 3.8) is 0 Å². The predicted molar refractivity (Wildman–Crippen MR) is 83.6 cm³/mol. The van der Waals surface area contributed by atoms with Crippen molar-refractivity contribution < 1.29 is 9.90 Å². The van der Waals surface area contributed by atoms with Crippen molar-refractivity contribution in [3.8, 4) is 0 Å². The number of nitrogens with one attached hydrogen (secondary N) is 1. The lowest BCUT2D eigenvalue weighted by atomic mass is 10.00. The van der Waals surface area contributed by atoms with Crippen LogP contribution in [0.4, 0.5) is 5.69 Å². The summed E-state index contributed by atoms with van der Waals surface area (Å²) in [5.41, 5.74) is 3.25. The number of carbonyl (C=O) groups excluding carboxylic acids is 1. The Kier molecular flexibility index (Phi) is 4.44. The van der Waals surface area contributed by atoms with Crippen molar-refractivity contribution in [3.05, 3.63) is 29.3 Å². The number of aliphatic hydroxyl groups is 1. The SMILES string of the molecule is O=C(c1ccc2c(c1)CCCN2)N1CCCC1CCCO. The van der Waals surface area contributed by atoms with E-state index in [1.165, 1.54) is 11.3 Å². The molecule has 0 aromatic heterocycles. The molecule has 1 saturated heterocycles. The summed E-state index contributed by atoms with van der Waals surface area (Å²) in [6, 6.07) is 6.35. The molecule has 0 radical (unpaired) electrons. The first-order valence-corrected chi connectivity index (χ1v) is 8.08. The molecule has 0 aliphatic carbocycles. The van der Waals surface area contributed by atoms with Crippen LogP contribution in [-0.2, 0) is 6.42 Å². The van der Waals surface area contributed by atoms with Crippen LogP contribution in [0.3, 0.4) is 0 Å². The Morgan fingerprint density at radius 2 is 2.29 bits per heavy atom. The first-order chi connectivity index (χ1) is 10.3. The maximum absolute atomic E-state index is 12.7. The quantitative estimate of drug-likeness (QED) is 0.894. The van der Waals surface area contributed by atoms with Crippen molar-refractivity contribution in [2.24, 2.45) is 0 Å². The molecule has 1 aromatic rings. The van der Waals surface area contributed by atoms with Crippen LogP contribution in [0, 0.1) is 0 Å². The number of fused-ring (bicyclic) bond motifs is 1. The molecule has 3 rings (SSSR count). The Bertz CT molecular complexity index is 516. The standard InChI is InChI=1S/C17H24N2O2/c20-11-3-6-15-5-2-10-19(15)17(21)14-7-8-16-13(12-14)4-1-9-18-16/h7-8,12,15,18,20H,1-6,9-11H2. The van der Waals surface area contributed by atoms with Crippen molar-refractivity contribution >= 4 is 11.6 Å². The van der Waals surface area contributed by atoms with E-state index in [1.54, 1.807) is 0 Å². The van der Waals surface area contributed by atoms with Crippen molar-refractivity contribution in [1.29, 1.82) is 0 Å². The fourth-order valence-electron chi connectivity index (χ4n) is 3.50. The molecule has 1 unspecified atom stereocenters. The lowest BCUT2D eigenvalue weighted by molar-refractivity contribution is 0.0724. The minimum Gasteiger partial charge on any atom is -0.396 e. The number of aryl methyl sites for hydroxylation is 1. The predicted octanol–water partition coefficient (Wildman–Crippen LogP) is 2.42. The Morgan fingerprint density at radius 3 is 3.14 bits per heavy atom. The van der Waals surface area contributed by atoms with Crippen LogP contribution in [0.2, 0.25) is 0 Å². The number of benzene rings is 1. The summed E-state index contributed by atoms with van der Waals surface area (Å²) in [6.07, 6.45) is 6.02. The van der Waals surface area contributed by atoms with Gasteiger partial charge in [0.1, 0.15) is 0 Å². The van der Waals surface area contributed by atoms with E-state index < -0.39 is 0 Å². The van der Waals surface area contributed by atoms with Crippen molar-refractivity contribution in [1.82, 2.24) is 4.90 Å². The van der Waals surface area contributed by atoms with Crippen LogP contribution in [0.15, 0.2) is 18.2 Å². The first-order valence-electron chi connectivity index (χ1n) is 8.08. The number of hydrogen-bond donors (Lipinski definition) is 2. The van der Waals surface area contributed by atoms with Gasteiger partial charge >= 0.3 is 0 Å². The smallest absolute Gasteiger partial charge is 0.254 e. The third kappa shape index (κ3) is 3.05. The molecule has 4 nitrogen and oxygen atoms in total. The Labute approximate surface area is 126 Å². The van der Waals surface area contributed by atoms with Crippen LogP contribution in [-0.4, -0.2) is 41.7 Å². The molecule has 0 spiro atoms. The molecule has 1 atom stereocenters. The van der Waals surface area contributed by atoms with Crippen LogP contribution < -0.4 is 5.32 Å². The summed E-state index contributed by atoms with van der Waals surface area (Å²) in [7, 11) is 0. The summed E-state index contributed by atoms with van der Waals surface area (Å²) < 4.78 is 0. The van der Waals surface area contributed by atoms with Gasteiger partial charge in [-0.3, -0.25) is 4.79 Å². The molecule has 2 aliphatic rings. The fraction of sp³-hybridized carbons (Fsp3) is 0.588. The molecule has 2 aliphatic heterocycles. The summed E-state index contributed by atoms with van der Waals surface area (Å²) in [4.78, 5) is 14.8. The number of carbonyl (C=O) groups is 1. The van der Waals surface area contributed by atoms with Crippen molar-refractivity contribution in [2.45, 2.75) is 44.6 Å². The number of nitrogens with zero attached hydrogens (tertiary/aromatic N) is 1. The number of amides is 1. The van der Waals surface area contributed by atoms with Gasteiger partial charge in [-0.05, 0) is 62.3 Å². The van der Waals surface area contributed by atoms with Crippen molar-refractivity contribution in [2.75, 3.05) is 25.0 Å². The zero-order valence-electron chi connectivity index (χ0n) is 12.5. The van der Waals surface area contributed by atoms with Gasteiger partial charge in [0.15, 0.2) is 0 Å². The molecular formula is C17H24N2O2. The minimum absolute atomic E-state index is 0.156.